The number of hydrogen-bond acceptors (Lipinski definition) is 6. The number of aliphatic hydroxyl groups is 4. The highest BCUT2D eigenvalue weighted by Gasteiger charge is 2.05. The second-order valence-electron chi connectivity index (χ2n) is 5.34. The molecule has 2 atom stereocenters. The van der Waals surface area contributed by atoms with Crippen LogP contribution in [0.3, 0.4) is 0 Å². The molecule has 0 aliphatic heterocycles. The van der Waals surface area contributed by atoms with Gasteiger partial charge >= 0.3 is 0 Å². The van der Waals surface area contributed by atoms with Crippen molar-refractivity contribution in [2.45, 2.75) is 12.2 Å². The third-order valence-electron chi connectivity index (χ3n) is 3.35. The molecule has 2 aromatic carbocycles. The van der Waals surface area contributed by atoms with Gasteiger partial charge in [-0.05, 0) is 35.4 Å². The van der Waals surface area contributed by atoms with Crippen molar-refractivity contribution in [3.8, 4) is 22.6 Å². The Hall–Kier alpha value is -2.12. The first-order valence-corrected chi connectivity index (χ1v) is 7.66. The summed E-state index contributed by atoms with van der Waals surface area (Å²) in [5.74, 6) is 1.23. The van der Waals surface area contributed by atoms with Gasteiger partial charge in [0.1, 0.15) is 36.9 Å². The summed E-state index contributed by atoms with van der Waals surface area (Å²) in [4.78, 5) is 0. The molecule has 0 aliphatic carbocycles. The molecular weight excluding hydrogens is 312 g/mol. The molecule has 24 heavy (non-hydrogen) atoms. The van der Waals surface area contributed by atoms with Crippen molar-refractivity contribution in [3.05, 3.63) is 48.5 Å². The van der Waals surface area contributed by atoms with Crippen LogP contribution in [0.4, 0.5) is 0 Å². The molecule has 2 aromatic rings. The predicted molar refractivity (Wildman–Crippen MR) is 89.1 cm³/mol. The van der Waals surface area contributed by atoms with Gasteiger partial charge in [0, 0.05) is 0 Å². The fourth-order valence-corrected chi connectivity index (χ4v) is 1.98. The molecule has 0 heterocycles. The molecule has 0 bridgehead atoms. The number of benzene rings is 2. The van der Waals surface area contributed by atoms with E-state index in [0.29, 0.717) is 11.5 Å². The minimum atomic E-state index is -0.887. The highest BCUT2D eigenvalue weighted by Crippen LogP contribution is 2.24. The molecule has 2 rings (SSSR count). The van der Waals surface area contributed by atoms with Crippen LogP contribution in [-0.4, -0.2) is 59.1 Å². The van der Waals surface area contributed by atoms with Crippen LogP contribution in [0, 0.1) is 0 Å². The maximum Gasteiger partial charge on any atom is 0.119 e. The van der Waals surface area contributed by atoms with Gasteiger partial charge in [-0.15, -0.1) is 0 Å². The predicted octanol–water partition coefficient (Wildman–Crippen LogP) is 0.818. The van der Waals surface area contributed by atoms with E-state index >= 15 is 0 Å². The van der Waals surface area contributed by atoms with Crippen LogP contribution in [0.5, 0.6) is 11.5 Å². The van der Waals surface area contributed by atoms with E-state index in [0.717, 1.165) is 11.1 Å². The Labute approximate surface area is 140 Å². The van der Waals surface area contributed by atoms with Crippen LogP contribution < -0.4 is 9.47 Å². The molecule has 0 saturated carbocycles. The van der Waals surface area contributed by atoms with Gasteiger partial charge in [0.15, 0.2) is 0 Å². The summed E-state index contributed by atoms with van der Waals surface area (Å²) in [6, 6.07) is 14.8. The van der Waals surface area contributed by atoms with E-state index in [1.165, 1.54) is 0 Å². The Morgan fingerprint density at radius 2 is 0.958 bits per heavy atom. The number of rotatable bonds is 9. The zero-order valence-corrected chi connectivity index (χ0v) is 13.2. The quantitative estimate of drug-likeness (QED) is 0.542. The molecule has 6 heteroatoms. The smallest absolute Gasteiger partial charge is 0.119 e. The minimum Gasteiger partial charge on any atom is -0.491 e. The van der Waals surface area contributed by atoms with E-state index in [4.69, 9.17) is 19.7 Å². The van der Waals surface area contributed by atoms with Gasteiger partial charge in [0.2, 0.25) is 0 Å². The van der Waals surface area contributed by atoms with Gasteiger partial charge in [-0.1, -0.05) is 24.3 Å². The Morgan fingerprint density at radius 1 is 0.625 bits per heavy atom. The summed E-state index contributed by atoms with van der Waals surface area (Å²) < 4.78 is 10.7. The van der Waals surface area contributed by atoms with Gasteiger partial charge < -0.3 is 29.9 Å². The second kappa shape index (κ2) is 9.24. The summed E-state index contributed by atoms with van der Waals surface area (Å²) in [6.45, 7) is -0.577. The third kappa shape index (κ3) is 5.50. The topological polar surface area (TPSA) is 99.4 Å². The minimum absolute atomic E-state index is 0.0432. The molecule has 4 N–H and O–H groups in total. The lowest BCUT2D eigenvalue weighted by atomic mass is 10.1. The molecule has 130 valence electrons. The first kappa shape index (κ1) is 18.2. The van der Waals surface area contributed by atoms with Gasteiger partial charge in [-0.3, -0.25) is 0 Å². The Balaban J connectivity index is 1.93. The lowest BCUT2D eigenvalue weighted by molar-refractivity contribution is 0.0536. The Bertz CT molecular complexity index is 540. The van der Waals surface area contributed by atoms with E-state index in [9.17, 15) is 10.2 Å². The highest BCUT2D eigenvalue weighted by molar-refractivity contribution is 5.64. The first-order chi connectivity index (χ1) is 11.6. The van der Waals surface area contributed by atoms with E-state index in [2.05, 4.69) is 0 Å². The Kier molecular flexibility index (Phi) is 7.02. The number of aliphatic hydroxyl groups excluding tert-OH is 4. The van der Waals surface area contributed by atoms with E-state index in [1.807, 2.05) is 24.3 Å². The SMILES string of the molecule is OCC(O)COc1ccc(-c2ccc(OCC(O)CO)cc2)cc1. The molecule has 2 unspecified atom stereocenters. The third-order valence-corrected chi connectivity index (χ3v) is 3.35. The summed E-state index contributed by atoms with van der Waals surface area (Å²) in [7, 11) is 0. The van der Waals surface area contributed by atoms with Crippen molar-refractivity contribution in [1.82, 2.24) is 0 Å². The molecule has 0 radical (unpaired) electrons. The Morgan fingerprint density at radius 3 is 1.25 bits per heavy atom. The highest BCUT2D eigenvalue weighted by atomic mass is 16.5. The monoisotopic (exact) mass is 334 g/mol. The van der Waals surface area contributed by atoms with Crippen molar-refractivity contribution in [1.29, 1.82) is 0 Å². The fourth-order valence-electron chi connectivity index (χ4n) is 1.98. The molecule has 0 fully saturated rings. The van der Waals surface area contributed by atoms with Crippen molar-refractivity contribution in [2.75, 3.05) is 26.4 Å². The van der Waals surface area contributed by atoms with E-state index < -0.39 is 12.2 Å². The van der Waals surface area contributed by atoms with Crippen LogP contribution in [0.15, 0.2) is 48.5 Å². The molecule has 0 aromatic heterocycles. The molecule has 0 amide bonds. The molecule has 0 aliphatic rings. The van der Waals surface area contributed by atoms with Crippen molar-refractivity contribution < 1.29 is 29.9 Å². The molecular formula is C18H22O6. The molecule has 6 nitrogen and oxygen atoms in total. The van der Waals surface area contributed by atoms with Gasteiger partial charge in [-0.25, -0.2) is 0 Å². The maximum absolute atomic E-state index is 9.26. The zero-order valence-electron chi connectivity index (χ0n) is 13.2. The first-order valence-electron chi connectivity index (χ1n) is 7.66. The second-order valence-corrected chi connectivity index (χ2v) is 5.34. The van der Waals surface area contributed by atoms with Gasteiger partial charge in [0.25, 0.3) is 0 Å². The van der Waals surface area contributed by atoms with E-state index in [1.54, 1.807) is 24.3 Å². The average molecular weight is 334 g/mol. The lowest BCUT2D eigenvalue weighted by Crippen LogP contribution is -2.21. The van der Waals surface area contributed by atoms with Crippen molar-refractivity contribution >= 4 is 0 Å². The van der Waals surface area contributed by atoms with Crippen LogP contribution >= 0.6 is 0 Å². The van der Waals surface area contributed by atoms with E-state index in [-0.39, 0.29) is 26.4 Å². The summed E-state index contributed by atoms with van der Waals surface area (Å²) in [5, 5.41) is 36.0. The van der Waals surface area contributed by atoms with Crippen LogP contribution in [0.25, 0.3) is 11.1 Å². The average Bonchev–Trinajstić information content (AvgIpc) is 2.65. The van der Waals surface area contributed by atoms with Crippen molar-refractivity contribution in [3.63, 3.8) is 0 Å². The standard InChI is InChI=1S/C18H22O6/c19-9-15(21)11-23-17-5-1-13(2-6-17)14-3-7-18(8-4-14)24-12-16(22)10-20/h1-8,15-16,19-22H,9-12H2. The zero-order chi connectivity index (χ0) is 17.4. The summed E-state index contributed by atoms with van der Waals surface area (Å²) in [6.07, 6.45) is -1.77. The van der Waals surface area contributed by atoms with Crippen molar-refractivity contribution in [2.24, 2.45) is 0 Å². The lowest BCUT2D eigenvalue weighted by Gasteiger charge is -2.11. The van der Waals surface area contributed by atoms with Crippen LogP contribution in [-0.2, 0) is 0 Å². The van der Waals surface area contributed by atoms with Crippen LogP contribution in [0.1, 0.15) is 0 Å². The van der Waals surface area contributed by atoms with Gasteiger partial charge in [-0.2, -0.15) is 0 Å². The molecule has 0 saturated heterocycles. The number of ether oxygens (including phenoxy) is 2. The maximum atomic E-state index is 9.26. The summed E-state index contributed by atoms with van der Waals surface area (Å²) in [5.41, 5.74) is 1.99. The fraction of sp³-hybridized carbons (Fsp3) is 0.333. The normalized spacial score (nSPS) is 13.3. The largest absolute Gasteiger partial charge is 0.491 e. The molecule has 0 spiro atoms. The van der Waals surface area contributed by atoms with Crippen LogP contribution in [0.2, 0.25) is 0 Å². The summed E-state index contributed by atoms with van der Waals surface area (Å²) >= 11 is 0. The van der Waals surface area contributed by atoms with Gasteiger partial charge in [0.05, 0.1) is 13.2 Å². The number of hydrogen-bond donors (Lipinski definition) is 4.